The van der Waals surface area contributed by atoms with Gasteiger partial charge >= 0.3 is 5.63 Å². The standard InChI is InChI=1S/C21H15NO8S2/c1-12(18-10-13-4-2-3-5-19(13)30-21(18)23)22-15-6-7-17-14(8-15)9-16(31(24,25)26)11-20(17)32(27,28)29/h2-11H,1H3,(H,24,25,26)(H,27,28,29). The van der Waals surface area contributed by atoms with Crippen LogP contribution < -0.4 is 5.63 Å². The number of para-hydroxylation sites is 1. The Morgan fingerprint density at radius 2 is 1.59 bits per heavy atom. The number of nitrogens with zero attached hydrogens (tertiary/aromatic N) is 1. The van der Waals surface area contributed by atoms with Crippen molar-refractivity contribution in [1.82, 2.24) is 0 Å². The lowest BCUT2D eigenvalue weighted by Gasteiger charge is -2.08. The molecule has 0 saturated heterocycles. The zero-order valence-corrected chi connectivity index (χ0v) is 18.0. The number of aliphatic imine (C=N–C) groups is 1. The molecule has 4 rings (SSSR count). The molecule has 1 aromatic heterocycles. The first kappa shape index (κ1) is 21.8. The van der Waals surface area contributed by atoms with Crippen molar-refractivity contribution in [2.45, 2.75) is 16.7 Å². The predicted octanol–water partition coefficient (Wildman–Crippen LogP) is 3.58. The van der Waals surface area contributed by atoms with Gasteiger partial charge in [-0.2, -0.15) is 16.8 Å². The number of benzene rings is 3. The van der Waals surface area contributed by atoms with E-state index < -0.39 is 35.7 Å². The number of hydrogen-bond donors (Lipinski definition) is 2. The van der Waals surface area contributed by atoms with E-state index in [0.717, 1.165) is 6.07 Å². The minimum absolute atomic E-state index is 0.0294. The highest BCUT2D eigenvalue weighted by Gasteiger charge is 2.20. The molecule has 0 radical (unpaired) electrons. The summed E-state index contributed by atoms with van der Waals surface area (Å²) in [4.78, 5) is 15.3. The van der Waals surface area contributed by atoms with Crippen LogP contribution in [-0.2, 0) is 20.2 Å². The Kier molecular flexibility index (Phi) is 5.21. The van der Waals surface area contributed by atoms with E-state index in [0.29, 0.717) is 22.7 Å². The second-order valence-electron chi connectivity index (χ2n) is 6.96. The van der Waals surface area contributed by atoms with Crippen LogP contribution in [0.2, 0.25) is 0 Å². The summed E-state index contributed by atoms with van der Waals surface area (Å²) in [6.07, 6.45) is 0. The molecular formula is C21H15NO8S2. The summed E-state index contributed by atoms with van der Waals surface area (Å²) in [5, 5.41) is 0.819. The van der Waals surface area contributed by atoms with Crippen molar-refractivity contribution in [2.75, 3.05) is 0 Å². The second kappa shape index (κ2) is 7.64. The van der Waals surface area contributed by atoms with Crippen LogP contribution in [0.25, 0.3) is 21.7 Å². The Hall–Kier alpha value is -3.38. The molecule has 4 aromatic rings. The first-order valence-electron chi connectivity index (χ1n) is 9.05. The topological polar surface area (TPSA) is 151 Å². The SMILES string of the molecule is CC(=Nc1ccc2c(S(=O)(=O)O)cc(S(=O)(=O)O)cc2c1)c1cc2ccccc2oc1=O. The molecule has 0 aliphatic carbocycles. The van der Waals surface area contributed by atoms with Gasteiger partial charge in [-0.1, -0.05) is 24.3 Å². The molecule has 9 nitrogen and oxygen atoms in total. The van der Waals surface area contributed by atoms with Crippen LogP contribution in [0.1, 0.15) is 12.5 Å². The van der Waals surface area contributed by atoms with Crippen molar-refractivity contribution in [3.63, 3.8) is 0 Å². The van der Waals surface area contributed by atoms with E-state index >= 15 is 0 Å². The molecule has 3 aromatic carbocycles. The van der Waals surface area contributed by atoms with Gasteiger partial charge in [0.25, 0.3) is 20.2 Å². The third-order valence-electron chi connectivity index (χ3n) is 4.78. The van der Waals surface area contributed by atoms with Gasteiger partial charge in [0, 0.05) is 10.8 Å². The molecule has 0 atom stereocenters. The van der Waals surface area contributed by atoms with E-state index in [4.69, 9.17) is 4.42 Å². The molecule has 11 heteroatoms. The van der Waals surface area contributed by atoms with E-state index in [1.54, 1.807) is 37.3 Å². The summed E-state index contributed by atoms with van der Waals surface area (Å²) in [5.41, 5.74) is 0.638. The molecule has 164 valence electrons. The van der Waals surface area contributed by atoms with Crippen molar-refractivity contribution in [3.05, 3.63) is 76.6 Å². The van der Waals surface area contributed by atoms with Gasteiger partial charge in [-0.25, -0.2) is 4.79 Å². The maximum Gasteiger partial charge on any atom is 0.345 e. The van der Waals surface area contributed by atoms with E-state index in [-0.39, 0.29) is 22.0 Å². The first-order valence-corrected chi connectivity index (χ1v) is 11.9. The molecular weight excluding hydrogens is 458 g/mol. The molecule has 0 bridgehead atoms. The average Bonchev–Trinajstić information content (AvgIpc) is 2.70. The molecule has 0 saturated carbocycles. The average molecular weight is 473 g/mol. The fourth-order valence-electron chi connectivity index (χ4n) is 3.30. The van der Waals surface area contributed by atoms with E-state index in [1.807, 2.05) is 0 Å². The van der Waals surface area contributed by atoms with Crippen LogP contribution in [0.3, 0.4) is 0 Å². The molecule has 0 fully saturated rings. The van der Waals surface area contributed by atoms with Crippen molar-refractivity contribution in [2.24, 2.45) is 4.99 Å². The van der Waals surface area contributed by atoms with Crippen molar-refractivity contribution in [3.8, 4) is 0 Å². The molecule has 0 spiro atoms. The van der Waals surface area contributed by atoms with Gasteiger partial charge in [0.15, 0.2) is 0 Å². The van der Waals surface area contributed by atoms with Crippen LogP contribution in [0.4, 0.5) is 5.69 Å². The van der Waals surface area contributed by atoms with Gasteiger partial charge in [-0.3, -0.25) is 14.1 Å². The Morgan fingerprint density at radius 3 is 2.28 bits per heavy atom. The van der Waals surface area contributed by atoms with Gasteiger partial charge in [0.1, 0.15) is 10.5 Å². The van der Waals surface area contributed by atoms with Gasteiger partial charge in [0.05, 0.1) is 21.9 Å². The fraction of sp³-hybridized carbons (Fsp3) is 0.0476. The normalized spacial score (nSPS) is 13.0. The third-order valence-corrected chi connectivity index (χ3v) is 6.50. The molecule has 32 heavy (non-hydrogen) atoms. The summed E-state index contributed by atoms with van der Waals surface area (Å²) in [7, 11) is -9.53. The second-order valence-corrected chi connectivity index (χ2v) is 9.77. The lowest BCUT2D eigenvalue weighted by atomic mass is 10.1. The van der Waals surface area contributed by atoms with Crippen LogP contribution in [-0.4, -0.2) is 31.7 Å². The first-order chi connectivity index (χ1) is 14.9. The van der Waals surface area contributed by atoms with Crippen molar-refractivity contribution < 1.29 is 30.4 Å². The zero-order chi connectivity index (χ0) is 23.3. The van der Waals surface area contributed by atoms with Gasteiger partial charge in [-0.15, -0.1) is 0 Å². The highest BCUT2D eigenvalue weighted by atomic mass is 32.2. The monoisotopic (exact) mass is 473 g/mol. The summed E-state index contributed by atoms with van der Waals surface area (Å²) in [5.74, 6) is 0. The van der Waals surface area contributed by atoms with Crippen molar-refractivity contribution in [1.29, 1.82) is 0 Å². The Morgan fingerprint density at radius 1 is 0.875 bits per heavy atom. The third kappa shape index (κ3) is 4.18. The highest BCUT2D eigenvalue weighted by Crippen LogP contribution is 2.30. The number of hydrogen-bond acceptors (Lipinski definition) is 7. The molecule has 0 amide bonds. The zero-order valence-electron chi connectivity index (χ0n) is 16.4. The molecule has 2 N–H and O–H groups in total. The van der Waals surface area contributed by atoms with Gasteiger partial charge < -0.3 is 4.42 Å². The Bertz CT molecular complexity index is 1700. The van der Waals surface area contributed by atoms with Gasteiger partial charge in [-0.05, 0) is 48.7 Å². The lowest BCUT2D eigenvalue weighted by molar-refractivity contribution is 0.482. The van der Waals surface area contributed by atoms with Crippen molar-refractivity contribution >= 4 is 53.4 Å². The molecule has 0 aliphatic heterocycles. The maximum atomic E-state index is 12.4. The van der Waals surface area contributed by atoms with Crippen LogP contribution in [0.15, 0.2) is 84.7 Å². The number of fused-ring (bicyclic) bond motifs is 2. The fourth-order valence-corrected chi connectivity index (χ4v) is 4.65. The van der Waals surface area contributed by atoms with Gasteiger partial charge in [0.2, 0.25) is 0 Å². The quantitative estimate of drug-likeness (QED) is 0.259. The summed E-state index contributed by atoms with van der Waals surface area (Å²) in [6, 6.07) is 14.5. The Balaban J connectivity index is 1.90. The minimum atomic E-state index is -4.78. The maximum absolute atomic E-state index is 12.4. The van der Waals surface area contributed by atoms with Crippen LogP contribution in [0.5, 0.6) is 0 Å². The van der Waals surface area contributed by atoms with E-state index in [9.17, 15) is 30.7 Å². The smallest absolute Gasteiger partial charge is 0.345 e. The van der Waals surface area contributed by atoms with E-state index in [1.165, 1.54) is 18.2 Å². The molecule has 0 aliphatic rings. The lowest BCUT2D eigenvalue weighted by Crippen LogP contribution is -2.11. The Labute approximate surface area is 182 Å². The summed E-state index contributed by atoms with van der Waals surface area (Å²) < 4.78 is 70.7. The van der Waals surface area contributed by atoms with E-state index in [2.05, 4.69) is 4.99 Å². The molecule has 1 heterocycles. The largest absolute Gasteiger partial charge is 0.422 e. The van der Waals surface area contributed by atoms with Crippen LogP contribution >= 0.6 is 0 Å². The van der Waals surface area contributed by atoms with Crippen LogP contribution in [0, 0.1) is 0 Å². The minimum Gasteiger partial charge on any atom is -0.422 e. The number of rotatable bonds is 4. The molecule has 0 unspecified atom stereocenters. The summed E-state index contributed by atoms with van der Waals surface area (Å²) in [6.45, 7) is 1.59. The predicted molar refractivity (Wildman–Crippen MR) is 118 cm³/mol. The highest BCUT2D eigenvalue weighted by molar-refractivity contribution is 7.86. The summed E-state index contributed by atoms with van der Waals surface area (Å²) >= 11 is 0.